The average molecular weight is 436 g/mol. The Labute approximate surface area is 175 Å². The molecule has 0 aliphatic carbocycles. The molecule has 1 aliphatic heterocycles. The highest BCUT2D eigenvalue weighted by Gasteiger charge is 2.52. The molecular weight excluding hydrogens is 410 g/mol. The molecule has 3 rings (SSSR count). The number of rotatable bonds is 6. The van der Waals surface area contributed by atoms with E-state index in [0.29, 0.717) is 18.9 Å². The molecule has 2 heterocycles. The van der Waals surface area contributed by atoms with Crippen LogP contribution < -0.4 is 15.5 Å². The molecule has 30 heavy (non-hydrogen) atoms. The maximum Gasteiger partial charge on any atom is 0.277 e. The van der Waals surface area contributed by atoms with E-state index in [1.807, 2.05) is 26.0 Å². The normalized spacial score (nSPS) is 21.8. The van der Waals surface area contributed by atoms with Crippen molar-refractivity contribution in [3.8, 4) is 5.75 Å². The molecule has 0 spiro atoms. The lowest BCUT2D eigenvalue weighted by molar-refractivity contribution is -0.149. The van der Waals surface area contributed by atoms with Crippen LogP contribution in [-0.2, 0) is 21.2 Å². The lowest BCUT2D eigenvalue weighted by Gasteiger charge is -2.37. The summed E-state index contributed by atoms with van der Waals surface area (Å²) in [6.07, 6.45) is 0.0191. The number of hydrogen-bond acceptors (Lipinski definition) is 8. The number of nitrogens with one attached hydrogen (secondary N) is 2. The third-order valence-electron chi connectivity index (χ3n) is 5.08. The maximum absolute atomic E-state index is 13.1. The lowest BCUT2D eigenvalue weighted by Crippen LogP contribution is -2.65. The van der Waals surface area contributed by atoms with Gasteiger partial charge in [0.05, 0.1) is 4.90 Å². The number of sulfone groups is 1. The predicted octanol–water partition coefficient (Wildman–Crippen LogP) is 0.650. The fourth-order valence-corrected chi connectivity index (χ4v) is 5.64. The van der Waals surface area contributed by atoms with E-state index < -0.39 is 26.6 Å². The van der Waals surface area contributed by atoms with E-state index >= 15 is 0 Å². The fraction of sp³-hybridized carbons (Fsp3) is 0.400. The van der Waals surface area contributed by atoms with E-state index in [2.05, 4.69) is 10.3 Å². The van der Waals surface area contributed by atoms with Crippen LogP contribution in [0.2, 0.25) is 0 Å². The van der Waals surface area contributed by atoms with Crippen LogP contribution in [0.25, 0.3) is 0 Å². The molecule has 9 nitrogen and oxygen atoms in total. The predicted molar refractivity (Wildman–Crippen MR) is 108 cm³/mol. The summed E-state index contributed by atoms with van der Waals surface area (Å²) < 4.78 is 31.9. The second kappa shape index (κ2) is 8.68. The SMILES string of the molecule is Cc1cc(COc2ccc(S(=O)(=O)C3CCNCC3(O)C(=O)NO)cc2)cc(C)n1. The molecule has 4 N–H and O–H groups in total. The first-order chi connectivity index (χ1) is 14.2. The van der Waals surface area contributed by atoms with Gasteiger partial charge in [0.1, 0.15) is 17.6 Å². The quantitative estimate of drug-likeness (QED) is 0.383. The van der Waals surface area contributed by atoms with Crippen molar-refractivity contribution < 1.29 is 28.3 Å². The van der Waals surface area contributed by atoms with Crippen molar-refractivity contribution in [3.63, 3.8) is 0 Å². The Bertz CT molecular complexity index is 1010. The Balaban J connectivity index is 1.78. The van der Waals surface area contributed by atoms with E-state index in [4.69, 9.17) is 9.94 Å². The van der Waals surface area contributed by atoms with Gasteiger partial charge in [-0.2, -0.15) is 0 Å². The number of aryl methyl sites for hydroxylation is 2. The lowest BCUT2D eigenvalue weighted by atomic mass is 9.93. The smallest absolute Gasteiger partial charge is 0.277 e. The number of aliphatic hydroxyl groups is 1. The van der Waals surface area contributed by atoms with Gasteiger partial charge in [-0.05, 0) is 68.8 Å². The first-order valence-electron chi connectivity index (χ1n) is 9.45. The van der Waals surface area contributed by atoms with Crippen LogP contribution in [0.3, 0.4) is 0 Å². The fourth-order valence-electron chi connectivity index (χ4n) is 3.66. The Hall–Kier alpha value is -2.53. The minimum Gasteiger partial charge on any atom is -0.489 e. The zero-order valence-electron chi connectivity index (χ0n) is 16.8. The average Bonchev–Trinajstić information content (AvgIpc) is 2.71. The van der Waals surface area contributed by atoms with Crippen molar-refractivity contribution in [2.75, 3.05) is 13.1 Å². The molecule has 10 heteroatoms. The second-order valence-electron chi connectivity index (χ2n) is 7.38. The van der Waals surface area contributed by atoms with Crippen molar-refractivity contribution in [2.45, 2.75) is 42.6 Å². The minimum atomic E-state index is -4.05. The van der Waals surface area contributed by atoms with Crippen LogP contribution in [0, 0.1) is 13.8 Å². The van der Waals surface area contributed by atoms with E-state index in [9.17, 15) is 18.3 Å². The minimum absolute atomic E-state index is 0.0191. The number of amides is 1. The molecule has 1 fully saturated rings. The molecule has 1 aromatic carbocycles. The monoisotopic (exact) mass is 435 g/mol. The van der Waals surface area contributed by atoms with Gasteiger partial charge in [-0.3, -0.25) is 15.0 Å². The zero-order valence-corrected chi connectivity index (χ0v) is 17.6. The maximum atomic E-state index is 13.1. The summed E-state index contributed by atoms with van der Waals surface area (Å²) in [4.78, 5) is 16.2. The van der Waals surface area contributed by atoms with Gasteiger partial charge in [0.25, 0.3) is 5.91 Å². The van der Waals surface area contributed by atoms with Crippen LogP contribution in [0.5, 0.6) is 5.75 Å². The van der Waals surface area contributed by atoms with Crippen LogP contribution in [-0.4, -0.2) is 53.6 Å². The Morgan fingerprint density at radius 1 is 1.27 bits per heavy atom. The topological polar surface area (TPSA) is 138 Å². The molecule has 0 bridgehead atoms. The number of hydroxylamine groups is 1. The summed E-state index contributed by atoms with van der Waals surface area (Å²) in [5.41, 5.74) is 1.80. The summed E-state index contributed by atoms with van der Waals surface area (Å²) >= 11 is 0. The van der Waals surface area contributed by atoms with E-state index in [1.54, 1.807) is 0 Å². The summed E-state index contributed by atoms with van der Waals surface area (Å²) in [5.74, 6) is -0.680. The molecule has 1 aliphatic rings. The van der Waals surface area contributed by atoms with Crippen molar-refractivity contribution in [1.82, 2.24) is 15.8 Å². The number of piperidine rings is 1. The molecule has 1 aromatic heterocycles. The van der Waals surface area contributed by atoms with Crippen molar-refractivity contribution >= 4 is 15.7 Å². The number of benzene rings is 1. The number of β-amino-alcohol motifs (C(OH)–C–C–N with tert-alkyl or cyclic N) is 1. The number of aromatic nitrogens is 1. The van der Waals surface area contributed by atoms with Gasteiger partial charge in [-0.1, -0.05) is 0 Å². The highest BCUT2D eigenvalue weighted by molar-refractivity contribution is 7.92. The number of carbonyl (C=O) groups is 1. The molecule has 0 radical (unpaired) electrons. The first-order valence-corrected chi connectivity index (χ1v) is 11.0. The summed E-state index contributed by atoms with van der Waals surface area (Å²) in [6, 6.07) is 9.64. The zero-order chi connectivity index (χ0) is 21.9. The molecular formula is C20H25N3O6S. The second-order valence-corrected chi connectivity index (χ2v) is 9.51. The molecule has 1 saturated heterocycles. The molecule has 162 valence electrons. The van der Waals surface area contributed by atoms with Gasteiger partial charge in [-0.25, -0.2) is 13.9 Å². The highest BCUT2D eigenvalue weighted by atomic mass is 32.2. The Morgan fingerprint density at radius 2 is 1.90 bits per heavy atom. The molecule has 0 saturated carbocycles. The van der Waals surface area contributed by atoms with E-state index in [1.165, 1.54) is 29.7 Å². The number of carbonyl (C=O) groups excluding carboxylic acids is 1. The van der Waals surface area contributed by atoms with Crippen molar-refractivity contribution in [2.24, 2.45) is 0 Å². The van der Waals surface area contributed by atoms with Gasteiger partial charge in [0.2, 0.25) is 0 Å². The van der Waals surface area contributed by atoms with Gasteiger partial charge in [0.15, 0.2) is 15.4 Å². The van der Waals surface area contributed by atoms with Crippen LogP contribution in [0.15, 0.2) is 41.3 Å². The number of nitrogens with zero attached hydrogens (tertiary/aromatic N) is 1. The van der Waals surface area contributed by atoms with Gasteiger partial charge >= 0.3 is 0 Å². The van der Waals surface area contributed by atoms with E-state index in [-0.39, 0.29) is 17.9 Å². The number of hydrogen-bond donors (Lipinski definition) is 4. The molecule has 1 amide bonds. The van der Waals surface area contributed by atoms with E-state index in [0.717, 1.165) is 17.0 Å². The first kappa shape index (κ1) is 22.2. The highest BCUT2D eigenvalue weighted by Crippen LogP contribution is 2.30. The number of pyridine rings is 1. The molecule has 2 unspecified atom stereocenters. The number of ether oxygens (including phenoxy) is 1. The standard InChI is InChI=1S/C20H25N3O6S/c1-13-9-15(10-14(2)22-13)11-29-16-3-5-17(6-4-16)30(27,28)18-7-8-21-12-20(18,25)19(24)23-26/h3-6,9-10,18,21,25-26H,7-8,11-12H2,1-2H3,(H,23,24). The molecule has 2 atom stereocenters. The van der Waals surface area contributed by atoms with Crippen molar-refractivity contribution in [3.05, 3.63) is 53.3 Å². The summed E-state index contributed by atoms with van der Waals surface area (Å²) in [7, 11) is -4.05. The largest absolute Gasteiger partial charge is 0.489 e. The Morgan fingerprint density at radius 3 is 2.50 bits per heavy atom. The van der Waals surface area contributed by atoms with Crippen molar-refractivity contribution in [1.29, 1.82) is 0 Å². The van der Waals surface area contributed by atoms with Crippen LogP contribution in [0.1, 0.15) is 23.4 Å². The van der Waals surface area contributed by atoms with Crippen LogP contribution in [0.4, 0.5) is 0 Å². The summed E-state index contributed by atoms with van der Waals surface area (Å²) in [5, 5.41) is 21.0. The Kier molecular flexibility index (Phi) is 6.41. The van der Waals surface area contributed by atoms with Crippen LogP contribution >= 0.6 is 0 Å². The van der Waals surface area contributed by atoms with Gasteiger partial charge in [-0.15, -0.1) is 0 Å². The van der Waals surface area contributed by atoms with Gasteiger partial charge in [0, 0.05) is 17.9 Å². The molecule has 2 aromatic rings. The summed E-state index contributed by atoms with van der Waals surface area (Å²) in [6.45, 7) is 4.14. The third kappa shape index (κ3) is 4.46. The third-order valence-corrected chi connectivity index (χ3v) is 7.38. The van der Waals surface area contributed by atoms with Gasteiger partial charge < -0.3 is 15.2 Å².